The molecule has 1 aliphatic heterocycles. The highest BCUT2D eigenvalue weighted by atomic mass is 19.1. The summed E-state index contributed by atoms with van der Waals surface area (Å²) >= 11 is 0. The van der Waals surface area contributed by atoms with E-state index in [1.165, 1.54) is 13.2 Å². The van der Waals surface area contributed by atoms with Gasteiger partial charge in [0.25, 0.3) is 5.56 Å². The quantitative estimate of drug-likeness (QED) is 0.719. The van der Waals surface area contributed by atoms with E-state index in [2.05, 4.69) is 15.0 Å². The zero-order chi connectivity index (χ0) is 19.7. The molecule has 7 nitrogen and oxygen atoms in total. The molecule has 0 spiro atoms. The molecule has 0 aliphatic carbocycles. The minimum absolute atomic E-state index is 0.0916. The van der Waals surface area contributed by atoms with Crippen LogP contribution in [0.3, 0.4) is 0 Å². The predicted molar refractivity (Wildman–Crippen MR) is 101 cm³/mol. The number of rotatable bonds is 4. The van der Waals surface area contributed by atoms with Gasteiger partial charge in [-0.2, -0.15) is 0 Å². The van der Waals surface area contributed by atoms with Crippen molar-refractivity contribution in [1.29, 1.82) is 0 Å². The summed E-state index contributed by atoms with van der Waals surface area (Å²) in [5, 5.41) is 9.64. The third-order valence-corrected chi connectivity index (χ3v) is 4.82. The summed E-state index contributed by atoms with van der Waals surface area (Å²) in [5.41, 5.74) is 2.70. The highest BCUT2D eigenvalue weighted by molar-refractivity contribution is 5.54. The summed E-state index contributed by atoms with van der Waals surface area (Å²) in [6.45, 7) is 1.53. The maximum absolute atomic E-state index is 13.9. The van der Waals surface area contributed by atoms with Gasteiger partial charge in [-0.15, -0.1) is 0 Å². The average molecular weight is 382 g/mol. The second kappa shape index (κ2) is 7.40. The number of hydrogen-bond donors (Lipinski definition) is 2. The van der Waals surface area contributed by atoms with Crippen molar-refractivity contribution in [3.8, 4) is 22.9 Å². The summed E-state index contributed by atoms with van der Waals surface area (Å²) in [4.78, 5) is 26.1. The smallest absolute Gasteiger partial charge is 0.255 e. The maximum atomic E-state index is 13.9. The summed E-state index contributed by atoms with van der Waals surface area (Å²) < 4.78 is 18.9. The fourth-order valence-corrected chi connectivity index (χ4v) is 3.39. The third kappa shape index (κ3) is 3.46. The Hall–Kier alpha value is -3.26. The van der Waals surface area contributed by atoms with Crippen molar-refractivity contribution in [2.75, 3.05) is 13.7 Å². The number of halogens is 1. The maximum Gasteiger partial charge on any atom is 0.255 e. The topological polar surface area (TPSA) is 91.3 Å². The van der Waals surface area contributed by atoms with E-state index in [4.69, 9.17) is 4.74 Å². The number of aromatic nitrogens is 3. The van der Waals surface area contributed by atoms with Crippen LogP contribution in [0.15, 0.2) is 41.5 Å². The number of phenolic OH excluding ortho intramolecular Hbond substituents is 1. The van der Waals surface area contributed by atoms with E-state index in [9.17, 15) is 14.3 Å². The molecule has 0 bridgehead atoms. The molecule has 0 saturated carbocycles. The Morgan fingerprint density at radius 2 is 2.11 bits per heavy atom. The lowest BCUT2D eigenvalue weighted by Gasteiger charge is -2.28. The lowest BCUT2D eigenvalue weighted by atomic mass is 10.1. The van der Waals surface area contributed by atoms with Gasteiger partial charge in [0.1, 0.15) is 5.82 Å². The molecule has 1 aliphatic rings. The lowest BCUT2D eigenvalue weighted by molar-refractivity contribution is 0.240. The molecule has 8 heteroatoms. The number of aromatic hydroxyl groups is 1. The first-order valence-corrected chi connectivity index (χ1v) is 8.85. The molecule has 3 aromatic rings. The Bertz CT molecular complexity index is 1070. The van der Waals surface area contributed by atoms with Crippen LogP contribution < -0.4 is 10.3 Å². The minimum atomic E-state index is -0.728. The molecule has 0 saturated heterocycles. The lowest BCUT2D eigenvalue weighted by Crippen LogP contribution is -2.35. The molecule has 2 aromatic heterocycles. The normalized spacial score (nSPS) is 13.9. The second-order valence-electron chi connectivity index (χ2n) is 6.66. The van der Waals surface area contributed by atoms with Crippen LogP contribution in [0.1, 0.15) is 16.8 Å². The Morgan fingerprint density at radius 1 is 1.32 bits per heavy atom. The van der Waals surface area contributed by atoms with E-state index in [0.717, 1.165) is 11.3 Å². The van der Waals surface area contributed by atoms with Gasteiger partial charge >= 0.3 is 0 Å². The van der Waals surface area contributed by atoms with Crippen LogP contribution in [0.4, 0.5) is 4.39 Å². The average Bonchev–Trinajstić information content (AvgIpc) is 2.71. The van der Waals surface area contributed by atoms with Crippen molar-refractivity contribution in [1.82, 2.24) is 19.9 Å². The minimum Gasteiger partial charge on any atom is -0.502 e. The van der Waals surface area contributed by atoms with Crippen LogP contribution >= 0.6 is 0 Å². The number of benzene rings is 1. The van der Waals surface area contributed by atoms with Gasteiger partial charge in [-0.25, -0.2) is 9.37 Å². The van der Waals surface area contributed by atoms with Crippen LogP contribution in [-0.2, 0) is 19.5 Å². The van der Waals surface area contributed by atoms with Gasteiger partial charge < -0.3 is 14.8 Å². The Balaban J connectivity index is 1.57. The first-order chi connectivity index (χ1) is 13.5. The molecule has 0 atom stereocenters. The molecule has 2 N–H and O–H groups in total. The van der Waals surface area contributed by atoms with Gasteiger partial charge in [-0.05, 0) is 29.8 Å². The number of ether oxygens (including phenoxy) is 1. The molecule has 144 valence electrons. The van der Waals surface area contributed by atoms with Gasteiger partial charge in [-0.1, -0.05) is 0 Å². The fourth-order valence-electron chi connectivity index (χ4n) is 3.39. The van der Waals surface area contributed by atoms with Crippen molar-refractivity contribution >= 4 is 0 Å². The van der Waals surface area contributed by atoms with E-state index in [1.807, 2.05) is 4.90 Å². The second-order valence-corrected chi connectivity index (χ2v) is 6.66. The standard InChI is InChI=1S/C20H19FN4O3/c1-28-17-9-12(8-15(21)18(17)26)10-25-7-4-16-14(11-25)20(27)24-19(23-16)13-2-5-22-6-3-13/h2-3,5-6,8-9,26H,4,7,10-11H2,1H3,(H,23,24,27). The van der Waals surface area contributed by atoms with Gasteiger partial charge in [0.05, 0.1) is 18.4 Å². The van der Waals surface area contributed by atoms with E-state index in [0.29, 0.717) is 43.0 Å². The number of aromatic amines is 1. The highest BCUT2D eigenvalue weighted by Gasteiger charge is 2.22. The molecular weight excluding hydrogens is 363 g/mol. The number of fused-ring (bicyclic) bond motifs is 1. The first-order valence-electron chi connectivity index (χ1n) is 8.85. The van der Waals surface area contributed by atoms with Crippen LogP contribution in [0.25, 0.3) is 11.4 Å². The number of nitrogens with zero attached hydrogens (tertiary/aromatic N) is 3. The number of methoxy groups -OCH3 is 1. The zero-order valence-corrected chi connectivity index (χ0v) is 15.3. The fraction of sp³-hybridized carbons (Fsp3) is 0.250. The third-order valence-electron chi connectivity index (χ3n) is 4.82. The van der Waals surface area contributed by atoms with Crippen molar-refractivity contribution in [2.45, 2.75) is 19.5 Å². The van der Waals surface area contributed by atoms with E-state index < -0.39 is 11.6 Å². The van der Waals surface area contributed by atoms with Gasteiger partial charge in [0.15, 0.2) is 17.3 Å². The molecule has 0 fully saturated rings. The monoisotopic (exact) mass is 382 g/mol. The van der Waals surface area contributed by atoms with Gasteiger partial charge in [0.2, 0.25) is 0 Å². The molecular formula is C20H19FN4O3. The molecule has 3 heterocycles. The van der Waals surface area contributed by atoms with Crippen LogP contribution in [0.5, 0.6) is 11.5 Å². The number of nitrogens with one attached hydrogen (secondary N) is 1. The predicted octanol–water partition coefficient (Wildman–Crippen LogP) is 2.24. The molecule has 0 unspecified atom stereocenters. The van der Waals surface area contributed by atoms with Crippen LogP contribution in [0.2, 0.25) is 0 Å². The van der Waals surface area contributed by atoms with Crippen LogP contribution in [0, 0.1) is 5.82 Å². The van der Waals surface area contributed by atoms with E-state index >= 15 is 0 Å². The van der Waals surface area contributed by atoms with Crippen LogP contribution in [-0.4, -0.2) is 38.6 Å². The number of hydrogen-bond acceptors (Lipinski definition) is 6. The van der Waals surface area contributed by atoms with Crippen molar-refractivity contribution in [2.24, 2.45) is 0 Å². The Labute approximate surface area is 160 Å². The summed E-state index contributed by atoms with van der Waals surface area (Å²) in [5.74, 6) is -0.605. The molecule has 28 heavy (non-hydrogen) atoms. The van der Waals surface area contributed by atoms with Gasteiger partial charge in [0, 0.05) is 44.0 Å². The molecule has 4 rings (SSSR count). The summed E-state index contributed by atoms with van der Waals surface area (Å²) in [6, 6.07) is 6.48. The number of pyridine rings is 1. The molecule has 1 aromatic carbocycles. The Kier molecular flexibility index (Phi) is 4.79. The molecule has 0 amide bonds. The SMILES string of the molecule is COc1cc(CN2CCc3nc(-c4ccncc4)[nH]c(=O)c3C2)cc(F)c1O. The largest absolute Gasteiger partial charge is 0.502 e. The van der Waals surface area contributed by atoms with E-state index in [-0.39, 0.29) is 11.3 Å². The van der Waals surface area contributed by atoms with Gasteiger partial charge in [-0.3, -0.25) is 14.7 Å². The molecule has 0 radical (unpaired) electrons. The summed E-state index contributed by atoms with van der Waals surface area (Å²) in [6.07, 6.45) is 3.93. The number of H-pyrrole nitrogens is 1. The zero-order valence-electron chi connectivity index (χ0n) is 15.3. The van der Waals surface area contributed by atoms with Crippen molar-refractivity contribution in [3.05, 3.63) is 69.7 Å². The number of phenols is 1. The first kappa shape index (κ1) is 18.1. The summed E-state index contributed by atoms with van der Waals surface area (Å²) in [7, 11) is 1.38. The van der Waals surface area contributed by atoms with E-state index in [1.54, 1.807) is 30.6 Å². The Morgan fingerprint density at radius 3 is 2.86 bits per heavy atom. The highest BCUT2D eigenvalue weighted by Crippen LogP contribution is 2.31. The van der Waals surface area contributed by atoms with Crippen molar-refractivity contribution in [3.63, 3.8) is 0 Å². The van der Waals surface area contributed by atoms with Crippen molar-refractivity contribution < 1.29 is 14.2 Å².